The van der Waals surface area contributed by atoms with Gasteiger partial charge in [-0.1, -0.05) is 66.5 Å². The maximum absolute atomic E-state index is 12.0. The number of esters is 1. The maximum Gasteiger partial charge on any atom is 0.306 e. The summed E-state index contributed by atoms with van der Waals surface area (Å²) in [7, 11) is 0. The summed E-state index contributed by atoms with van der Waals surface area (Å²) < 4.78 is 5.04. The topological polar surface area (TPSA) is 55.4 Å². The number of hydrogen-bond acceptors (Lipinski definition) is 3. The fraction of sp³-hybridized carbons (Fsp3) is 0.263. The van der Waals surface area contributed by atoms with E-state index in [4.69, 9.17) is 27.9 Å². The van der Waals surface area contributed by atoms with Crippen LogP contribution in [0, 0.1) is 6.92 Å². The summed E-state index contributed by atoms with van der Waals surface area (Å²) in [5.74, 6) is -0.916. The van der Waals surface area contributed by atoms with E-state index in [2.05, 4.69) is 5.32 Å². The zero-order valence-corrected chi connectivity index (χ0v) is 15.5. The summed E-state index contributed by atoms with van der Waals surface area (Å²) >= 11 is 12.2. The predicted molar refractivity (Wildman–Crippen MR) is 100 cm³/mol. The van der Waals surface area contributed by atoms with Crippen LogP contribution in [0.1, 0.15) is 30.4 Å². The third-order valence-electron chi connectivity index (χ3n) is 3.75. The van der Waals surface area contributed by atoms with Gasteiger partial charge in [0, 0.05) is 0 Å². The summed E-state index contributed by atoms with van der Waals surface area (Å²) in [6.07, 6.45) is 0.198. The summed E-state index contributed by atoms with van der Waals surface area (Å²) in [6, 6.07) is 13.1. The molecule has 2 aromatic rings. The van der Waals surface area contributed by atoms with Crippen molar-refractivity contribution in [3.05, 3.63) is 63.6 Å². The molecule has 0 saturated heterocycles. The lowest BCUT2D eigenvalue weighted by Gasteiger charge is -2.13. The van der Waals surface area contributed by atoms with Crippen molar-refractivity contribution in [1.29, 1.82) is 0 Å². The van der Waals surface area contributed by atoms with Crippen LogP contribution in [0.15, 0.2) is 42.5 Å². The lowest BCUT2D eigenvalue weighted by molar-refractivity contribution is -0.147. The van der Waals surface area contributed by atoms with E-state index in [9.17, 15) is 9.59 Å². The molecular weight excluding hydrogens is 361 g/mol. The van der Waals surface area contributed by atoms with Crippen LogP contribution in [0.4, 0.5) is 5.69 Å². The van der Waals surface area contributed by atoms with Crippen LogP contribution < -0.4 is 5.32 Å². The number of hydrogen-bond donors (Lipinski definition) is 1. The van der Waals surface area contributed by atoms with Gasteiger partial charge in [0.15, 0.2) is 6.61 Å². The minimum atomic E-state index is -0.491. The normalized spacial score (nSPS) is 11.7. The van der Waals surface area contributed by atoms with Gasteiger partial charge in [-0.15, -0.1) is 0 Å². The highest BCUT2D eigenvalue weighted by molar-refractivity contribution is 6.40. The fourth-order valence-electron chi connectivity index (χ4n) is 2.30. The third-order valence-corrected chi connectivity index (χ3v) is 4.56. The first kappa shape index (κ1) is 19.3. The van der Waals surface area contributed by atoms with E-state index in [0.717, 1.165) is 11.1 Å². The standard InChI is InChI=1S/C19H19Cl2NO3/c1-12-8-9-15(20)19(18(12)21)22-16(23)11-25-17(24)10-13(2)14-6-4-3-5-7-14/h3-9,13H,10-11H2,1-2H3,(H,22,23)/t13-/m1/s1. The SMILES string of the molecule is Cc1ccc(Cl)c(NC(=O)COC(=O)C[C@@H](C)c2ccccc2)c1Cl. The fourth-order valence-corrected chi connectivity index (χ4v) is 2.77. The molecule has 1 N–H and O–H groups in total. The van der Waals surface area contributed by atoms with Gasteiger partial charge in [0.05, 0.1) is 22.2 Å². The summed E-state index contributed by atoms with van der Waals surface area (Å²) in [6.45, 7) is 3.35. The number of aryl methyl sites for hydroxylation is 1. The van der Waals surface area contributed by atoms with Crippen LogP contribution >= 0.6 is 23.2 Å². The summed E-state index contributed by atoms with van der Waals surface area (Å²) in [5, 5.41) is 3.27. The molecule has 0 unspecified atom stereocenters. The second kappa shape index (κ2) is 8.88. The van der Waals surface area contributed by atoms with Gasteiger partial charge >= 0.3 is 5.97 Å². The Bertz CT molecular complexity index is 763. The van der Waals surface area contributed by atoms with Gasteiger partial charge in [0.2, 0.25) is 0 Å². The molecule has 0 radical (unpaired) electrons. The van der Waals surface area contributed by atoms with Gasteiger partial charge in [0.1, 0.15) is 0 Å². The van der Waals surface area contributed by atoms with Crippen LogP contribution in [-0.4, -0.2) is 18.5 Å². The smallest absolute Gasteiger partial charge is 0.306 e. The maximum atomic E-state index is 12.0. The van der Waals surface area contributed by atoms with Gasteiger partial charge in [0.25, 0.3) is 5.91 Å². The second-order valence-electron chi connectivity index (χ2n) is 5.78. The molecule has 0 aliphatic rings. The van der Waals surface area contributed by atoms with Crippen molar-refractivity contribution in [3.63, 3.8) is 0 Å². The highest BCUT2D eigenvalue weighted by Gasteiger charge is 2.16. The minimum absolute atomic E-state index is 0.0115. The van der Waals surface area contributed by atoms with Gasteiger partial charge < -0.3 is 10.1 Å². The Morgan fingerprint density at radius 3 is 2.48 bits per heavy atom. The Hall–Kier alpha value is -2.04. The first-order valence-corrected chi connectivity index (χ1v) is 8.59. The molecule has 2 aromatic carbocycles. The molecule has 0 aliphatic heterocycles. The number of amides is 1. The Balaban J connectivity index is 1.86. The van der Waals surface area contributed by atoms with Crippen molar-refractivity contribution in [1.82, 2.24) is 0 Å². The summed E-state index contributed by atoms with van der Waals surface area (Å²) in [4.78, 5) is 23.9. The summed E-state index contributed by atoms with van der Waals surface area (Å²) in [5.41, 5.74) is 2.15. The van der Waals surface area contributed by atoms with E-state index in [1.807, 2.05) is 37.3 Å². The van der Waals surface area contributed by atoms with E-state index >= 15 is 0 Å². The van der Waals surface area contributed by atoms with E-state index in [1.165, 1.54) is 0 Å². The Morgan fingerprint density at radius 1 is 1.12 bits per heavy atom. The zero-order valence-electron chi connectivity index (χ0n) is 14.0. The third kappa shape index (κ3) is 5.48. The number of ether oxygens (including phenoxy) is 1. The van der Waals surface area contributed by atoms with Crippen molar-refractivity contribution < 1.29 is 14.3 Å². The molecule has 132 valence electrons. The monoisotopic (exact) mass is 379 g/mol. The zero-order chi connectivity index (χ0) is 18.4. The molecule has 0 saturated carbocycles. The van der Waals surface area contributed by atoms with E-state index in [0.29, 0.717) is 15.7 Å². The van der Waals surface area contributed by atoms with Crippen LogP contribution in [0.25, 0.3) is 0 Å². The number of anilines is 1. The van der Waals surface area contributed by atoms with E-state index in [-0.39, 0.29) is 18.9 Å². The Morgan fingerprint density at radius 2 is 1.80 bits per heavy atom. The number of benzene rings is 2. The van der Waals surface area contributed by atoms with Crippen LogP contribution in [-0.2, 0) is 14.3 Å². The molecular formula is C19H19Cl2NO3. The molecule has 1 amide bonds. The lowest BCUT2D eigenvalue weighted by atomic mass is 9.98. The van der Waals surface area contributed by atoms with Gasteiger partial charge in [-0.05, 0) is 30.0 Å². The molecule has 0 bridgehead atoms. The first-order valence-electron chi connectivity index (χ1n) is 7.83. The molecule has 0 spiro atoms. The average molecular weight is 380 g/mol. The van der Waals surface area contributed by atoms with Crippen LogP contribution in [0.3, 0.4) is 0 Å². The Kier molecular flexibility index (Phi) is 6.85. The second-order valence-corrected chi connectivity index (χ2v) is 6.56. The number of carbonyl (C=O) groups is 2. The molecule has 0 aliphatic carbocycles. The number of nitrogens with one attached hydrogen (secondary N) is 1. The van der Waals surface area contributed by atoms with Crippen molar-refractivity contribution in [2.75, 3.05) is 11.9 Å². The molecule has 1 atom stereocenters. The Labute approximate surface area is 157 Å². The number of carbonyl (C=O) groups excluding carboxylic acids is 2. The quantitative estimate of drug-likeness (QED) is 0.720. The van der Waals surface area contributed by atoms with Crippen molar-refractivity contribution in [2.24, 2.45) is 0 Å². The lowest BCUT2D eigenvalue weighted by Crippen LogP contribution is -2.22. The van der Waals surface area contributed by atoms with Crippen LogP contribution in [0.5, 0.6) is 0 Å². The van der Waals surface area contributed by atoms with Gasteiger partial charge in [-0.2, -0.15) is 0 Å². The van der Waals surface area contributed by atoms with Crippen molar-refractivity contribution >= 4 is 40.8 Å². The van der Waals surface area contributed by atoms with Gasteiger partial charge in [-0.3, -0.25) is 9.59 Å². The predicted octanol–water partition coefficient (Wildman–Crippen LogP) is 4.98. The molecule has 25 heavy (non-hydrogen) atoms. The first-order chi connectivity index (χ1) is 11.9. The molecule has 2 rings (SSSR count). The molecule has 0 aromatic heterocycles. The number of halogens is 2. The highest BCUT2D eigenvalue weighted by atomic mass is 35.5. The van der Waals surface area contributed by atoms with Gasteiger partial charge in [-0.25, -0.2) is 0 Å². The molecule has 0 fully saturated rings. The minimum Gasteiger partial charge on any atom is -0.456 e. The van der Waals surface area contributed by atoms with Crippen LogP contribution in [0.2, 0.25) is 10.0 Å². The molecule has 0 heterocycles. The molecule has 6 heteroatoms. The van der Waals surface area contributed by atoms with Crippen molar-refractivity contribution in [3.8, 4) is 0 Å². The number of rotatable bonds is 6. The highest BCUT2D eigenvalue weighted by Crippen LogP contribution is 2.32. The largest absolute Gasteiger partial charge is 0.456 e. The average Bonchev–Trinajstić information content (AvgIpc) is 2.61. The molecule has 4 nitrogen and oxygen atoms in total. The van der Waals surface area contributed by atoms with E-state index in [1.54, 1.807) is 19.1 Å². The van der Waals surface area contributed by atoms with Crippen molar-refractivity contribution in [2.45, 2.75) is 26.2 Å². The van der Waals surface area contributed by atoms with E-state index < -0.39 is 11.9 Å².